The van der Waals surface area contributed by atoms with E-state index in [2.05, 4.69) is 5.32 Å². The number of aliphatic hydroxyl groups excluding tert-OH is 1. The van der Waals surface area contributed by atoms with Gasteiger partial charge in [0.2, 0.25) is 5.91 Å². The van der Waals surface area contributed by atoms with Gasteiger partial charge in [-0.2, -0.15) is 0 Å². The minimum Gasteiger partial charge on any atom is -0.493 e. The van der Waals surface area contributed by atoms with E-state index >= 15 is 0 Å². The van der Waals surface area contributed by atoms with Crippen molar-refractivity contribution in [2.75, 3.05) is 19.8 Å². The van der Waals surface area contributed by atoms with Gasteiger partial charge in [-0.25, -0.2) is 0 Å². The van der Waals surface area contributed by atoms with Crippen LogP contribution in [0.15, 0.2) is 18.2 Å². The molecule has 112 valence electrons. The van der Waals surface area contributed by atoms with Gasteiger partial charge < -0.3 is 15.2 Å². The van der Waals surface area contributed by atoms with E-state index in [0.717, 1.165) is 11.3 Å². The number of carbonyl (C=O) groups is 1. The van der Waals surface area contributed by atoms with Gasteiger partial charge in [-0.05, 0) is 31.0 Å². The van der Waals surface area contributed by atoms with Gasteiger partial charge in [-0.3, -0.25) is 4.79 Å². The first kappa shape index (κ1) is 16.5. The second-order valence-electron chi connectivity index (χ2n) is 5.90. The molecule has 0 unspecified atom stereocenters. The fraction of sp³-hybridized carbons (Fsp3) is 0.562. The highest BCUT2D eigenvalue weighted by atomic mass is 16.5. The molecular formula is C16H25NO3. The van der Waals surface area contributed by atoms with Crippen molar-refractivity contribution in [3.05, 3.63) is 29.3 Å². The van der Waals surface area contributed by atoms with Gasteiger partial charge in [0.25, 0.3) is 0 Å². The lowest BCUT2D eigenvalue weighted by Crippen LogP contribution is -2.36. The zero-order chi connectivity index (χ0) is 15.2. The molecule has 0 saturated heterocycles. The molecule has 1 aromatic rings. The summed E-state index contributed by atoms with van der Waals surface area (Å²) in [7, 11) is 0. The van der Waals surface area contributed by atoms with Crippen molar-refractivity contribution >= 4 is 5.91 Å². The number of rotatable bonds is 7. The lowest BCUT2D eigenvalue weighted by molar-refractivity contribution is -0.122. The third-order valence-electron chi connectivity index (χ3n) is 3.33. The number of aryl methyl sites for hydroxylation is 1. The van der Waals surface area contributed by atoms with Crippen molar-refractivity contribution in [1.82, 2.24) is 5.32 Å². The summed E-state index contributed by atoms with van der Waals surface area (Å²) in [5.41, 5.74) is 2.00. The summed E-state index contributed by atoms with van der Waals surface area (Å²) in [6.45, 7) is 8.72. The van der Waals surface area contributed by atoms with Crippen LogP contribution >= 0.6 is 0 Å². The zero-order valence-corrected chi connectivity index (χ0v) is 12.8. The van der Waals surface area contributed by atoms with Gasteiger partial charge in [0.15, 0.2) is 0 Å². The maximum atomic E-state index is 11.7. The van der Waals surface area contributed by atoms with E-state index in [0.29, 0.717) is 19.6 Å². The molecular weight excluding hydrogens is 254 g/mol. The monoisotopic (exact) mass is 279 g/mol. The maximum absolute atomic E-state index is 11.7. The van der Waals surface area contributed by atoms with Gasteiger partial charge >= 0.3 is 0 Å². The Kier molecular flexibility index (Phi) is 6.02. The zero-order valence-electron chi connectivity index (χ0n) is 12.8. The maximum Gasteiger partial charge on any atom is 0.223 e. The Morgan fingerprint density at radius 1 is 1.35 bits per heavy atom. The van der Waals surface area contributed by atoms with E-state index in [4.69, 9.17) is 9.84 Å². The van der Waals surface area contributed by atoms with E-state index in [9.17, 15) is 4.79 Å². The Balaban J connectivity index is 2.34. The smallest absolute Gasteiger partial charge is 0.223 e. The van der Waals surface area contributed by atoms with Gasteiger partial charge in [-0.15, -0.1) is 0 Å². The molecule has 4 nitrogen and oxygen atoms in total. The van der Waals surface area contributed by atoms with Gasteiger partial charge in [0.05, 0.1) is 13.0 Å². The fourth-order valence-corrected chi connectivity index (χ4v) is 1.62. The second-order valence-corrected chi connectivity index (χ2v) is 5.90. The van der Waals surface area contributed by atoms with Crippen molar-refractivity contribution in [3.63, 3.8) is 0 Å². The molecule has 1 aromatic carbocycles. The van der Waals surface area contributed by atoms with Crippen molar-refractivity contribution in [3.8, 4) is 5.75 Å². The lowest BCUT2D eigenvalue weighted by atomic mass is 9.95. The lowest BCUT2D eigenvalue weighted by Gasteiger charge is -2.21. The normalized spacial score (nSPS) is 11.2. The number of carbonyl (C=O) groups excluding carboxylic acids is 1. The second kappa shape index (κ2) is 7.29. The summed E-state index contributed by atoms with van der Waals surface area (Å²) >= 11 is 0. The highest BCUT2D eigenvalue weighted by Gasteiger charge is 2.17. The summed E-state index contributed by atoms with van der Waals surface area (Å²) in [6.07, 6.45) is 0.314. The van der Waals surface area contributed by atoms with Gasteiger partial charge in [0, 0.05) is 18.6 Å². The van der Waals surface area contributed by atoms with Crippen LogP contribution in [0.5, 0.6) is 5.75 Å². The first-order valence-corrected chi connectivity index (χ1v) is 6.92. The summed E-state index contributed by atoms with van der Waals surface area (Å²) in [6, 6.07) is 5.89. The highest BCUT2D eigenvalue weighted by Crippen LogP contribution is 2.20. The number of aliphatic hydroxyl groups is 1. The van der Waals surface area contributed by atoms with Gasteiger partial charge in [0.1, 0.15) is 5.75 Å². The number of hydrogen-bond donors (Lipinski definition) is 2. The third kappa shape index (κ3) is 5.21. The molecule has 0 aliphatic rings. The summed E-state index contributed by atoms with van der Waals surface area (Å²) in [4.78, 5) is 11.7. The average Bonchev–Trinajstić information content (AvgIpc) is 2.41. The van der Waals surface area contributed by atoms with Crippen LogP contribution in [0.4, 0.5) is 0 Å². The largest absolute Gasteiger partial charge is 0.493 e. The Morgan fingerprint density at radius 2 is 2.05 bits per heavy atom. The molecule has 4 heteroatoms. The molecule has 2 N–H and O–H groups in total. The molecule has 0 aliphatic carbocycles. The van der Waals surface area contributed by atoms with Crippen LogP contribution in [0.2, 0.25) is 0 Å². The number of nitrogens with one attached hydrogen (secondary N) is 1. The number of benzene rings is 1. The number of amides is 1. The summed E-state index contributed by atoms with van der Waals surface area (Å²) in [5.74, 6) is 0.769. The van der Waals surface area contributed by atoms with E-state index in [1.54, 1.807) is 0 Å². The SMILES string of the molecule is Cc1cccc(OCCC(=O)NCC(C)(C)CO)c1C. The first-order valence-electron chi connectivity index (χ1n) is 6.92. The van der Waals surface area contributed by atoms with E-state index in [-0.39, 0.29) is 17.9 Å². The molecule has 0 saturated carbocycles. The first-order chi connectivity index (χ1) is 9.35. The Morgan fingerprint density at radius 3 is 2.70 bits per heavy atom. The Labute approximate surface area is 121 Å². The van der Waals surface area contributed by atoms with Crippen molar-refractivity contribution in [2.24, 2.45) is 5.41 Å². The van der Waals surface area contributed by atoms with Crippen LogP contribution in [0.3, 0.4) is 0 Å². The van der Waals surface area contributed by atoms with Crippen molar-refractivity contribution < 1.29 is 14.6 Å². The van der Waals surface area contributed by atoms with E-state index < -0.39 is 0 Å². The summed E-state index contributed by atoms with van der Waals surface area (Å²) in [5, 5.41) is 11.9. The topological polar surface area (TPSA) is 58.6 Å². The average molecular weight is 279 g/mol. The molecule has 0 bridgehead atoms. The fourth-order valence-electron chi connectivity index (χ4n) is 1.62. The third-order valence-corrected chi connectivity index (χ3v) is 3.33. The molecule has 1 amide bonds. The molecule has 0 heterocycles. The molecule has 0 aromatic heterocycles. The Hall–Kier alpha value is -1.55. The minimum absolute atomic E-state index is 0.0479. The predicted octanol–water partition coefficient (Wildman–Crippen LogP) is 2.21. The van der Waals surface area contributed by atoms with Crippen LogP contribution in [0, 0.1) is 19.3 Å². The quantitative estimate of drug-likeness (QED) is 0.804. The number of hydrogen-bond acceptors (Lipinski definition) is 3. The number of ether oxygens (including phenoxy) is 1. The highest BCUT2D eigenvalue weighted by molar-refractivity contribution is 5.76. The van der Waals surface area contributed by atoms with Crippen molar-refractivity contribution in [1.29, 1.82) is 0 Å². The van der Waals surface area contributed by atoms with Crippen LogP contribution in [0.25, 0.3) is 0 Å². The molecule has 0 radical (unpaired) electrons. The van der Waals surface area contributed by atoms with E-state index in [1.807, 2.05) is 45.9 Å². The molecule has 0 aliphatic heterocycles. The molecule has 0 spiro atoms. The molecule has 1 rings (SSSR count). The molecule has 20 heavy (non-hydrogen) atoms. The Bertz CT molecular complexity index is 455. The van der Waals surface area contributed by atoms with Crippen LogP contribution in [0.1, 0.15) is 31.4 Å². The molecule has 0 atom stereocenters. The van der Waals surface area contributed by atoms with Crippen LogP contribution in [-0.4, -0.2) is 30.8 Å². The van der Waals surface area contributed by atoms with Crippen LogP contribution < -0.4 is 10.1 Å². The van der Waals surface area contributed by atoms with Gasteiger partial charge in [-0.1, -0.05) is 26.0 Å². The van der Waals surface area contributed by atoms with Crippen LogP contribution in [-0.2, 0) is 4.79 Å². The summed E-state index contributed by atoms with van der Waals surface area (Å²) < 4.78 is 5.64. The predicted molar refractivity (Wildman–Crippen MR) is 79.9 cm³/mol. The molecule has 0 fully saturated rings. The van der Waals surface area contributed by atoms with E-state index in [1.165, 1.54) is 5.56 Å². The standard InChI is InChI=1S/C16H25NO3/c1-12-6-5-7-14(13(12)2)20-9-8-15(19)17-10-16(3,4)11-18/h5-7,18H,8-11H2,1-4H3,(H,17,19). The van der Waals surface area contributed by atoms with Crippen molar-refractivity contribution in [2.45, 2.75) is 34.1 Å². The minimum atomic E-state index is -0.288.